The van der Waals surface area contributed by atoms with E-state index in [0.717, 1.165) is 4.90 Å². The zero-order valence-electron chi connectivity index (χ0n) is 19.2. The van der Waals surface area contributed by atoms with Gasteiger partial charge in [0.05, 0.1) is 16.6 Å². The Morgan fingerprint density at radius 1 is 1.08 bits per heavy atom. The summed E-state index contributed by atoms with van der Waals surface area (Å²) in [5.41, 5.74) is 0.538. The maximum absolute atomic E-state index is 13.4. The highest BCUT2D eigenvalue weighted by atomic mass is 32.2. The van der Waals surface area contributed by atoms with Crippen LogP contribution in [0.25, 0.3) is 0 Å². The number of thiol groups is 2. The molecule has 15 nitrogen and oxygen atoms in total. The second-order valence-corrected chi connectivity index (χ2v) is 11.8. The number of carboxylic acids is 1. The van der Waals surface area contributed by atoms with Gasteiger partial charge in [0, 0.05) is 17.3 Å². The minimum atomic E-state index is -1.67. The first-order valence-electron chi connectivity index (χ1n) is 11.0. The molecule has 38 heavy (non-hydrogen) atoms. The van der Waals surface area contributed by atoms with Crippen molar-refractivity contribution in [1.29, 1.82) is 0 Å². The number of carboxylic acid groups (broad SMARTS) is 1. The highest BCUT2D eigenvalue weighted by molar-refractivity contribution is 8.00. The van der Waals surface area contributed by atoms with Crippen molar-refractivity contribution in [3.05, 3.63) is 28.9 Å². The van der Waals surface area contributed by atoms with E-state index >= 15 is 0 Å². The monoisotopic (exact) mass is 600 g/mol. The lowest BCUT2D eigenvalue weighted by molar-refractivity contribution is -0.152. The number of aromatic nitrogens is 4. The van der Waals surface area contributed by atoms with Crippen LogP contribution in [0.1, 0.15) is 0 Å². The van der Waals surface area contributed by atoms with Gasteiger partial charge in [-0.1, -0.05) is 0 Å². The van der Waals surface area contributed by atoms with Crippen molar-refractivity contribution in [3.8, 4) is 0 Å². The first-order valence-corrected chi connectivity index (χ1v) is 14.7. The second kappa shape index (κ2) is 10.3. The molecule has 0 saturated carbocycles. The summed E-state index contributed by atoms with van der Waals surface area (Å²) in [4.78, 5) is 65.6. The highest BCUT2D eigenvalue weighted by Gasteiger charge is 2.59. The standard InChI is InChI=1S/C19H20N8O7S4/c28-9(1-25-6-20-23-24-25)21-10-15(30)26-12(7(2-35)4-37-17(10)26)14(29)22-11-16(31)27-13(19(32)33)8(3-36)5-38(34)18(11)27/h6,10-11,17-18,35-36H,1-5H2,(H,21,28)(H,22,29)(H,32,33)/t10-,11-,17-,18-,38?/m1/s1. The van der Waals surface area contributed by atoms with Gasteiger partial charge in [0.25, 0.3) is 17.7 Å². The Morgan fingerprint density at radius 2 is 1.79 bits per heavy atom. The zero-order valence-corrected chi connectivity index (χ0v) is 22.6. The Balaban J connectivity index is 1.31. The summed E-state index contributed by atoms with van der Waals surface area (Å²) < 4.78 is 14.0. The molecule has 1 aromatic heterocycles. The molecular weight excluding hydrogens is 581 g/mol. The number of nitrogens with zero attached hydrogens (tertiary/aromatic N) is 6. The molecule has 4 aliphatic rings. The lowest BCUT2D eigenvalue weighted by atomic mass is 10.0. The molecule has 0 aromatic carbocycles. The first kappa shape index (κ1) is 26.7. The van der Waals surface area contributed by atoms with Crippen LogP contribution in [0.2, 0.25) is 0 Å². The van der Waals surface area contributed by atoms with Gasteiger partial charge < -0.3 is 15.7 Å². The summed E-state index contributed by atoms with van der Waals surface area (Å²) in [6.45, 7) is -0.195. The van der Waals surface area contributed by atoms with Crippen molar-refractivity contribution in [1.82, 2.24) is 40.6 Å². The van der Waals surface area contributed by atoms with Crippen LogP contribution in [0.3, 0.4) is 0 Å². The average molecular weight is 601 g/mol. The van der Waals surface area contributed by atoms with Crippen LogP contribution in [-0.2, 0) is 41.3 Å². The highest BCUT2D eigenvalue weighted by Crippen LogP contribution is 2.41. The number of β-lactam (4-membered cyclic amide) rings is 2. The molecule has 2 saturated heterocycles. The Morgan fingerprint density at radius 3 is 2.42 bits per heavy atom. The number of hydrogen-bond donors (Lipinski definition) is 5. The van der Waals surface area contributed by atoms with Crippen LogP contribution in [-0.4, -0.2) is 115 Å². The van der Waals surface area contributed by atoms with Crippen molar-refractivity contribution in [2.45, 2.75) is 29.4 Å². The number of fused-ring (bicyclic) bond motifs is 2. The number of carbonyl (C=O) groups is 5. The fourth-order valence-corrected chi connectivity index (χ4v) is 8.48. The van der Waals surface area contributed by atoms with E-state index in [2.05, 4.69) is 51.4 Å². The van der Waals surface area contributed by atoms with E-state index in [-0.39, 0.29) is 40.8 Å². The van der Waals surface area contributed by atoms with E-state index in [1.54, 1.807) is 0 Å². The van der Waals surface area contributed by atoms with E-state index in [1.807, 2.05) is 0 Å². The SMILES string of the molecule is O=C(Cn1cnnn1)N[C@@H]1C(=O)N2C(C(=O)N[C@@H]3C(=O)N4C(C(=O)O)=C(CS)CS(=O)[C@H]34)=C(CS)CS[C@H]12. The maximum atomic E-state index is 13.4. The molecule has 2 fully saturated rings. The lowest BCUT2D eigenvalue weighted by Gasteiger charge is -2.51. The fourth-order valence-electron chi connectivity index (χ4n) is 4.62. The van der Waals surface area contributed by atoms with E-state index in [1.165, 1.54) is 27.7 Å². The molecule has 5 heterocycles. The molecule has 5 rings (SSSR count). The molecule has 5 atom stereocenters. The molecule has 19 heteroatoms. The molecule has 4 aliphatic heterocycles. The van der Waals surface area contributed by atoms with Gasteiger partial charge in [-0.2, -0.15) is 25.3 Å². The van der Waals surface area contributed by atoms with Crippen molar-refractivity contribution in [3.63, 3.8) is 0 Å². The number of hydrogen-bond acceptors (Lipinski definition) is 12. The summed E-state index contributed by atoms with van der Waals surface area (Å²) in [5, 5.41) is 23.6. The second-order valence-electron chi connectivity index (χ2n) is 8.56. The minimum absolute atomic E-state index is 0.0117. The van der Waals surface area contributed by atoms with Crippen LogP contribution >= 0.6 is 37.0 Å². The molecule has 3 N–H and O–H groups in total. The van der Waals surface area contributed by atoms with Gasteiger partial charge in [0.2, 0.25) is 5.91 Å². The summed E-state index contributed by atoms with van der Waals surface area (Å²) in [6, 6.07) is -2.12. The van der Waals surface area contributed by atoms with Crippen molar-refractivity contribution in [2.75, 3.05) is 23.0 Å². The van der Waals surface area contributed by atoms with Crippen molar-refractivity contribution >= 4 is 77.4 Å². The molecular formula is C19H20N8O7S4. The normalized spacial score (nSPS) is 28.3. The fraction of sp³-hybridized carbons (Fsp3) is 0.474. The first-order chi connectivity index (χ1) is 18.2. The predicted octanol–water partition coefficient (Wildman–Crippen LogP) is -3.06. The van der Waals surface area contributed by atoms with E-state index in [4.69, 9.17) is 0 Å². The number of carbonyl (C=O) groups excluding carboxylic acids is 4. The average Bonchev–Trinajstić information content (AvgIpc) is 3.41. The summed E-state index contributed by atoms with van der Waals surface area (Å²) >= 11 is 9.70. The number of tetrazole rings is 1. The Bertz CT molecular complexity index is 1330. The van der Waals surface area contributed by atoms with Crippen LogP contribution < -0.4 is 10.6 Å². The smallest absolute Gasteiger partial charge is 0.352 e. The van der Waals surface area contributed by atoms with E-state index in [0.29, 0.717) is 11.3 Å². The molecule has 4 amide bonds. The van der Waals surface area contributed by atoms with Gasteiger partial charge in [0.1, 0.15) is 47.1 Å². The van der Waals surface area contributed by atoms with E-state index < -0.39 is 63.2 Å². The van der Waals surface area contributed by atoms with Crippen molar-refractivity contribution in [2.24, 2.45) is 0 Å². The third-order valence-corrected chi connectivity index (χ3v) is 10.1. The number of rotatable bonds is 8. The van der Waals surface area contributed by atoms with Crippen LogP contribution in [0.4, 0.5) is 0 Å². The predicted molar refractivity (Wildman–Crippen MR) is 138 cm³/mol. The molecule has 0 spiro atoms. The quantitative estimate of drug-likeness (QED) is 0.150. The largest absolute Gasteiger partial charge is 0.477 e. The van der Waals surface area contributed by atoms with Crippen LogP contribution in [0.5, 0.6) is 0 Å². The third kappa shape index (κ3) is 4.30. The molecule has 0 bridgehead atoms. The van der Waals surface area contributed by atoms with Crippen molar-refractivity contribution < 1.29 is 33.3 Å². The number of thioether (sulfide) groups is 1. The Kier molecular flexibility index (Phi) is 7.27. The topological polar surface area (TPSA) is 197 Å². The van der Waals surface area contributed by atoms with Gasteiger partial charge in [-0.05, 0) is 21.6 Å². The van der Waals surface area contributed by atoms with Gasteiger partial charge in [-0.3, -0.25) is 33.2 Å². The number of amides is 4. The Labute approximate surface area is 232 Å². The number of nitrogens with one attached hydrogen (secondary N) is 2. The van der Waals surface area contributed by atoms with Gasteiger partial charge in [-0.25, -0.2) is 9.48 Å². The molecule has 1 aromatic rings. The molecule has 1 unspecified atom stereocenters. The summed E-state index contributed by atoms with van der Waals surface area (Å²) in [7, 11) is -1.67. The number of aliphatic carboxylic acids is 1. The molecule has 202 valence electrons. The Hall–Kier alpha value is -2.90. The maximum Gasteiger partial charge on any atom is 0.352 e. The molecule has 0 radical (unpaired) electrons. The lowest BCUT2D eigenvalue weighted by Crippen LogP contribution is -2.75. The van der Waals surface area contributed by atoms with Gasteiger partial charge in [0.15, 0.2) is 0 Å². The van der Waals surface area contributed by atoms with E-state index in [9.17, 15) is 33.3 Å². The van der Waals surface area contributed by atoms with Gasteiger partial charge in [-0.15, -0.1) is 16.9 Å². The zero-order chi connectivity index (χ0) is 27.3. The van der Waals surface area contributed by atoms with Crippen LogP contribution in [0.15, 0.2) is 28.9 Å². The van der Waals surface area contributed by atoms with Gasteiger partial charge >= 0.3 is 5.97 Å². The third-order valence-electron chi connectivity index (χ3n) is 6.35. The molecule has 0 aliphatic carbocycles. The minimum Gasteiger partial charge on any atom is -0.477 e. The summed E-state index contributed by atoms with van der Waals surface area (Å²) in [5.74, 6) is -3.40. The van der Waals surface area contributed by atoms with Crippen LogP contribution in [0, 0.1) is 0 Å². The summed E-state index contributed by atoms with van der Waals surface area (Å²) in [6.07, 6.45) is 1.25.